The van der Waals surface area contributed by atoms with Gasteiger partial charge in [0.25, 0.3) is 0 Å². The molecule has 0 aliphatic carbocycles. The van der Waals surface area contributed by atoms with E-state index in [0.717, 1.165) is 19.3 Å². The van der Waals surface area contributed by atoms with Crippen molar-refractivity contribution < 1.29 is 9.26 Å². The monoisotopic (exact) mass is 213 g/mol. The summed E-state index contributed by atoms with van der Waals surface area (Å²) in [5.74, 6) is 1.09. The van der Waals surface area contributed by atoms with E-state index >= 15 is 0 Å². The summed E-state index contributed by atoms with van der Waals surface area (Å²) in [4.78, 5) is 4.24. The van der Waals surface area contributed by atoms with E-state index in [4.69, 9.17) is 15.0 Å². The normalized spacial score (nSPS) is 15.2. The van der Waals surface area contributed by atoms with Crippen molar-refractivity contribution in [3.8, 4) is 0 Å². The van der Waals surface area contributed by atoms with Gasteiger partial charge in [0.15, 0.2) is 0 Å². The molecule has 1 heterocycles. The summed E-state index contributed by atoms with van der Waals surface area (Å²) in [6.45, 7) is 4.08. The highest BCUT2D eigenvalue weighted by atomic mass is 16.5. The van der Waals surface area contributed by atoms with Crippen molar-refractivity contribution in [3.05, 3.63) is 11.7 Å². The number of rotatable bonds is 6. The number of ether oxygens (including phenoxy) is 1. The van der Waals surface area contributed by atoms with Crippen molar-refractivity contribution in [1.29, 1.82) is 0 Å². The highest BCUT2D eigenvalue weighted by Crippen LogP contribution is 2.20. The topological polar surface area (TPSA) is 74.2 Å². The van der Waals surface area contributed by atoms with Gasteiger partial charge in [-0.15, -0.1) is 0 Å². The summed E-state index contributed by atoms with van der Waals surface area (Å²) >= 11 is 0. The maximum absolute atomic E-state index is 5.86. The second-order valence-electron chi connectivity index (χ2n) is 3.52. The zero-order valence-corrected chi connectivity index (χ0v) is 9.56. The van der Waals surface area contributed by atoms with E-state index in [9.17, 15) is 0 Å². The minimum absolute atomic E-state index is 0.101. The molecule has 0 aromatic carbocycles. The molecule has 1 unspecified atom stereocenters. The van der Waals surface area contributed by atoms with Crippen LogP contribution in [0.15, 0.2) is 4.52 Å². The van der Waals surface area contributed by atoms with Crippen LogP contribution in [0.3, 0.4) is 0 Å². The molecule has 0 amide bonds. The van der Waals surface area contributed by atoms with Crippen molar-refractivity contribution in [2.45, 2.75) is 45.3 Å². The highest BCUT2D eigenvalue weighted by Gasteiger charge is 2.18. The number of methoxy groups -OCH3 is 1. The molecular weight excluding hydrogens is 194 g/mol. The van der Waals surface area contributed by atoms with Crippen LogP contribution in [0.4, 0.5) is 0 Å². The number of aromatic nitrogens is 2. The molecule has 0 fully saturated rings. The molecule has 5 heteroatoms. The predicted octanol–water partition coefficient (Wildman–Crippen LogP) is 1.97. The SMILES string of the molecule is CCC[C@@H](N)c1nc(C(CC)OC)no1. The predicted molar refractivity (Wildman–Crippen MR) is 56.2 cm³/mol. The molecule has 15 heavy (non-hydrogen) atoms. The summed E-state index contributed by atoms with van der Waals surface area (Å²) in [6.07, 6.45) is 2.57. The van der Waals surface area contributed by atoms with Gasteiger partial charge in [-0.1, -0.05) is 25.4 Å². The Balaban J connectivity index is 2.70. The van der Waals surface area contributed by atoms with E-state index in [2.05, 4.69) is 17.1 Å². The van der Waals surface area contributed by atoms with Gasteiger partial charge in [-0.3, -0.25) is 0 Å². The molecule has 0 bridgehead atoms. The maximum Gasteiger partial charge on any atom is 0.243 e. The lowest BCUT2D eigenvalue weighted by Gasteiger charge is -2.06. The molecule has 2 N–H and O–H groups in total. The van der Waals surface area contributed by atoms with E-state index in [0.29, 0.717) is 11.7 Å². The first kappa shape index (κ1) is 12.1. The maximum atomic E-state index is 5.86. The quantitative estimate of drug-likeness (QED) is 0.782. The molecule has 0 saturated carbocycles. The second-order valence-corrected chi connectivity index (χ2v) is 3.52. The van der Waals surface area contributed by atoms with Crippen molar-refractivity contribution in [2.24, 2.45) is 5.73 Å². The summed E-state index contributed by atoms with van der Waals surface area (Å²) in [5.41, 5.74) is 5.86. The first-order valence-electron chi connectivity index (χ1n) is 5.34. The van der Waals surface area contributed by atoms with E-state index in [-0.39, 0.29) is 12.1 Å². The van der Waals surface area contributed by atoms with Gasteiger partial charge in [0.05, 0.1) is 6.04 Å². The molecule has 0 spiro atoms. The average Bonchev–Trinajstić information content (AvgIpc) is 2.69. The van der Waals surface area contributed by atoms with E-state index in [1.165, 1.54) is 0 Å². The van der Waals surface area contributed by atoms with Crippen molar-refractivity contribution in [2.75, 3.05) is 7.11 Å². The summed E-state index contributed by atoms with van der Waals surface area (Å²) in [7, 11) is 1.64. The summed E-state index contributed by atoms with van der Waals surface area (Å²) < 4.78 is 10.3. The highest BCUT2D eigenvalue weighted by molar-refractivity contribution is 4.94. The first-order chi connectivity index (χ1) is 7.22. The fourth-order valence-corrected chi connectivity index (χ4v) is 1.42. The molecular formula is C10H19N3O2. The van der Waals surface area contributed by atoms with Gasteiger partial charge in [0.2, 0.25) is 11.7 Å². The van der Waals surface area contributed by atoms with Crippen LogP contribution in [-0.4, -0.2) is 17.3 Å². The van der Waals surface area contributed by atoms with Crippen molar-refractivity contribution in [1.82, 2.24) is 10.1 Å². The third kappa shape index (κ3) is 3.00. The van der Waals surface area contributed by atoms with Crippen LogP contribution in [0.25, 0.3) is 0 Å². The molecule has 5 nitrogen and oxygen atoms in total. The zero-order chi connectivity index (χ0) is 11.3. The zero-order valence-electron chi connectivity index (χ0n) is 9.56. The van der Waals surface area contributed by atoms with Crippen molar-refractivity contribution >= 4 is 0 Å². The van der Waals surface area contributed by atoms with E-state index < -0.39 is 0 Å². The smallest absolute Gasteiger partial charge is 0.243 e. The van der Waals surface area contributed by atoms with Crippen LogP contribution in [0.2, 0.25) is 0 Å². The Bertz CT molecular complexity index is 284. The number of nitrogens with zero attached hydrogens (tertiary/aromatic N) is 2. The molecule has 1 aromatic heterocycles. The van der Waals surface area contributed by atoms with Gasteiger partial charge >= 0.3 is 0 Å². The lowest BCUT2D eigenvalue weighted by atomic mass is 10.2. The van der Waals surface area contributed by atoms with Gasteiger partial charge in [0.1, 0.15) is 6.10 Å². The minimum atomic E-state index is -0.161. The van der Waals surface area contributed by atoms with Gasteiger partial charge < -0.3 is 15.0 Å². The van der Waals surface area contributed by atoms with Crippen LogP contribution < -0.4 is 5.73 Å². The van der Waals surface area contributed by atoms with Crippen LogP contribution in [0.1, 0.15) is 57.0 Å². The third-order valence-corrected chi connectivity index (χ3v) is 2.32. The molecule has 86 valence electrons. The largest absolute Gasteiger partial charge is 0.373 e. The molecule has 0 saturated heterocycles. The summed E-state index contributed by atoms with van der Waals surface area (Å²) in [6, 6.07) is -0.161. The Hall–Kier alpha value is -0.940. The Morgan fingerprint density at radius 1 is 1.47 bits per heavy atom. The molecule has 1 aromatic rings. The average molecular weight is 213 g/mol. The first-order valence-corrected chi connectivity index (χ1v) is 5.34. The lowest BCUT2D eigenvalue weighted by molar-refractivity contribution is 0.0903. The van der Waals surface area contributed by atoms with Gasteiger partial charge in [-0.05, 0) is 12.8 Å². The van der Waals surface area contributed by atoms with Gasteiger partial charge in [0, 0.05) is 7.11 Å². The molecule has 2 atom stereocenters. The van der Waals surface area contributed by atoms with Gasteiger partial charge in [-0.25, -0.2) is 0 Å². The molecule has 0 radical (unpaired) electrons. The Kier molecular flexibility index (Phi) is 4.71. The number of hydrogen-bond acceptors (Lipinski definition) is 5. The summed E-state index contributed by atoms with van der Waals surface area (Å²) in [5, 5.41) is 3.87. The second kappa shape index (κ2) is 5.82. The number of nitrogens with two attached hydrogens (primary N) is 1. The van der Waals surface area contributed by atoms with Gasteiger partial charge in [-0.2, -0.15) is 4.98 Å². The third-order valence-electron chi connectivity index (χ3n) is 2.32. The van der Waals surface area contributed by atoms with E-state index in [1.54, 1.807) is 7.11 Å². The lowest BCUT2D eigenvalue weighted by Crippen LogP contribution is -2.10. The van der Waals surface area contributed by atoms with Crippen LogP contribution in [0, 0.1) is 0 Å². The van der Waals surface area contributed by atoms with Crippen LogP contribution in [-0.2, 0) is 4.74 Å². The van der Waals surface area contributed by atoms with Crippen molar-refractivity contribution in [3.63, 3.8) is 0 Å². The minimum Gasteiger partial charge on any atom is -0.373 e. The Labute approximate surface area is 90.0 Å². The fraction of sp³-hybridized carbons (Fsp3) is 0.800. The molecule has 1 rings (SSSR count). The van der Waals surface area contributed by atoms with E-state index in [1.807, 2.05) is 6.92 Å². The van der Waals surface area contributed by atoms with Crippen LogP contribution >= 0.6 is 0 Å². The standard InChI is InChI=1S/C10H19N3O2/c1-4-6-7(11)10-12-9(13-15-10)8(5-2)14-3/h7-8H,4-6,11H2,1-3H3/t7-,8?/m1/s1. The molecule has 0 aliphatic rings. The Morgan fingerprint density at radius 3 is 2.73 bits per heavy atom. The number of hydrogen-bond donors (Lipinski definition) is 1. The molecule has 0 aliphatic heterocycles. The van der Waals surface area contributed by atoms with Crippen LogP contribution in [0.5, 0.6) is 0 Å². The fourth-order valence-electron chi connectivity index (χ4n) is 1.42. The Morgan fingerprint density at radius 2 is 2.20 bits per heavy atom.